The maximum atomic E-state index is 11.7. The molecule has 0 unspecified atom stereocenters. The summed E-state index contributed by atoms with van der Waals surface area (Å²) in [5.74, 6) is -0.00881. The second-order valence-electron chi connectivity index (χ2n) is 4.25. The second kappa shape index (κ2) is 5.36. The van der Waals surface area contributed by atoms with Crippen molar-refractivity contribution in [3.05, 3.63) is 53.1 Å². The van der Waals surface area contributed by atoms with Gasteiger partial charge in [0.1, 0.15) is 0 Å². The highest BCUT2D eigenvalue weighted by Gasteiger charge is 2.14. The third-order valence-electron chi connectivity index (χ3n) is 3.04. The Hall–Kier alpha value is -1.61. The maximum Gasteiger partial charge on any atom is 0.179 e. The molecule has 94 valence electrons. The Morgan fingerprint density at radius 3 is 2.78 bits per heavy atom. The summed E-state index contributed by atoms with van der Waals surface area (Å²) in [6, 6.07) is 7.72. The third kappa shape index (κ3) is 2.46. The molecule has 0 aliphatic rings. The summed E-state index contributed by atoms with van der Waals surface area (Å²) in [5, 5.41) is 0. The van der Waals surface area contributed by atoms with Crippen molar-refractivity contribution in [2.75, 3.05) is 5.88 Å². The normalized spacial score (nSPS) is 10.6. The van der Waals surface area contributed by atoms with Crippen LogP contribution in [0.25, 0.3) is 0 Å². The number of alkyl halides is 1. The van der Waals surface area contributed by atoms with E-state index < -0.39 is 0 Å². The van der Waals surface area contributed by atoms with Crippen molar-refractivity contribution in [3.8, 4) is 0 Å². The predicted molar refractivity (Wildman–Crippen MR) is 72.3 cm³/mol. The average Bonchev–Trinajstić information content (AvgIpc) is 2.67. The van der Waals surface area contributed by atoms with Crippen LogP contribution in [-0.2, 0) is 6.54 Å². The molecule has 3 nitrogen and oxygen atoms in total. The van der Waals surface area contributed by atoms with Crippen LogP contribution in [0.1, 0.15) is 27.4 Å². The minimum atomic E-state index is -0.0305. The van der Waals surface area contributed by atoms with E-state index in [1.54, 1.807) is 6.20 Å². The van der Waals surface area contributed by atoms with Crippen molar-refractivity contribution in [1.29, 1.82) is 0 Å². The molecule has 2 aromatic rings. The zero-order valence-corrected chi connectivity index (χ0v) is 11.2. The van der Waals surface area contributed by atoms with Crippen LogP contribution < -0.4 is 0 Å². The van der Waals surface area contributed by atoms with E-state index in [1.165, 1.54) is 0 Å². The zero-order valence-electron chi connectivity index (χ0n) is 10.5. The van der Waals surface area contributed by atoms with Gasteiger partial charge in [0.05, 0.1) is 18.1 Å². The molecule has 0 atom stereocenters. The summed E-state index contributed by atoms with van der Waals surface area (Å²) >= 11 is 5.61. The Kier molecular flexibility index (Phi) is 3.82. The van der Waals surface area contributed by atoms with Crippen LogP contribution in [0.4, 0.5) is 0 Å². The van der Waals surface area contributed by atoms with Gasteiger partial charge in [0.25, 0.3) is 0 Å². The topological polar surface area (TPSA) is 34.9 Å². The van der Waals surface area contributed by atoms with Gasteiger partial charge in [-0.3, -0.25) is 9.78 Å². The predicted octanol–water partition coefficient (Wildman–Crippen LogP) is 2.97. The lowest BCUT2D eigenvalue weighted by Crippen LogP contribution is -2.07. The van der Waals surface area contributed by atoms with Crippen LogP contribution >= 0.6 is 11.6 Å². The second-order valence-corrected chi connectivity index (χ2v) is 4.52. The fraction of sp³-hybridized carbons (Fsp3) is 0.286. The molecule has 0 radical (unpaired) electrons. The van der Waals surface area contributed by atoms with Gasteiger partial charge in [0.15, 0.2) is 5.78 Å². The lowest BCUT2D eigenvalue weighted by Gasteiger charge is -2.08. The van der Waals surface area contributed by atoms with E-state index in [1.807, 2.05) is 38.1 Å². The number of Topliss-reactive ketones (excluding diaryl/α,β-unsaturated/α-hetero) is 1. The first-order valence-electron chi connectivity index (χ1n) is 5.79. The van der Waals surface area contributed by atoms with Crippen LogP contribution in [0.5, 0.6) is 0 Å². The first-order chi connectivity index (χ1) is 8.63. The molecule has 0 fully saturated rings. The number of ketones is 1. The highest BCUT2D eigenvalue weighted by Crippen LogP contribution is 2.17. The molecule has 4 heteroatoms. The summed E-state index contributed by atoms with van der Waals surface area (Å²) < 4.78 is 2.09. The van der Waals surface area contributed by atoms with E-state index in [2.05, 4.69) is 9.55 Å². The van der Waals surface area contributed by atoms with Gasteiger partial charge in [-0.05, 0) is 32.0 Å². The third-order valence-corrected chi connectivity index (χ3v) is 3.28. The molecule has 0 N–H and O–H groups in total. The number of aryl methyl sites for hydroxylation is 1. The van der Waals surface area contributed by atoms with Crippen molar-refractivity contribution in [3.63, 3.8) is 0 Å². The number of hydrogen-bond donors (Lipinski definition) is 0. The molecule has 0 aliphatic heterocycles. The molecular formula is C14H15ClN2O. The standard InChI is InChI=1S/C14H15ClN2O/c1-10-7-13(14(18)8-15)11(2)17(10)9-12-5-3-4-6-16-12/h3-7H,8-9H2,1-2H3. The zero-order chi connectivity index (χ0) is 13.1. The molecule has 18 heavy (non-hydrogen) atoms. The summed E-state index contributed by atoms with van der Waals surface area (Å²) in [6.07, 6.45) is 1.77. The monoisotopic (exact) mass is 262 g/mol. The van der Waals surface area contributed by atoms with E-state index in [0.29, 0.717) is 12.1 Å². The summed E-state index contributed by atoms with van der Waals surface area (Å²) in [7, 11) is 0. The van der Waals surface area contributed by atoms with Gasteiger partial charge >= 0.3 is 0 Å². The fourth-order valence-electron chi connectivity index (χ4n) is 2.05. The maximum absolute atomic E-state index is 11.7. The smallest absolute Gasteiger partial charge is 0.179 e. The summed E-state index contributed by atoms with van der Waals surface area (Å²) in [4.78, 5) is 16.0. The van der Waals surface area contributed by atoms with E-state index >= 15 is 0 Å². The lowest BCUT2D eigenvalue weighted by atomic mass is 10.2. The van der Waals surface area contributed by atoms with Crippen LogP contribution in [0, 0.1) is 13.8 Å². The quantitative estimate of drug-likeness (QED) is 0.627. The minimum Gasteiger partial charge on any atom is -0.343 e. The number of pyridine rings is 1. The highest BCUT2D eigenvalue weighted by molar-refractivity contribution is 6.30. The van der Waals surface area contributed by atoms with Crippen molar-refractivity contribution in [1.82, 2.24) is 9.55 Å². The Morgan fingerprint density at radius 2 is 2.17 bits per heavy atom. The van der Waals surface area contributed by atoms with Crippen LogP contribution in [0.3, 0.4) is 0 Å². The molecule has 0 saturated carbocycles. The SMILES string of the molecule is Cc1cc(C(=O)CCl)c(C)n1Cc1ccccn1. The summed E-state index contributed by atoms with van der Waals surface area (Å²) in [5.41, 5.74) is 3.68. The number of nitrogens with zero attached hydrogens (tertiary/aromatic N) is 2. The molecule has 0 aromatic carbocycles. The molecule has 0 aliphatic carbocycles. The van der Waals surface area contributed by atoms with E-state index in [9.17, 15) is 4.79 Å². The number of carbonyl (C=O) groups is 1. The molecule has 2 heterocycles. The van der Waals surface area contributed by atoms with Crippen molar-refractivity contribution >= 4 is 17.4 Å². The first kappa shape index (κ1) is 12.8. The van der Waals surface area contributed by atoms with Crippen molar-refractivity contribution < 1.29 is 4.79 Å². The molecule has 0 saturated heterocycles. The number of halogens is 1. The molecule has 2 rings (SSSR count). The van der Waals surface area contributed by atoms with Crippen LogP contribution in [-0.4, -0.2) is 21.2 Å². The Balaban J connectivity index is 2.34. The summed E-state index contributed by atoms with van der Waals surface area (Å²) in [6.45, 7) is 4.60. The van der Waals surface area contributed by atoms with Gasteiger partial charge in [-0.15, -0.1) is 11.6 Å². The number of hydrogen-bond acceptors (Lipinski definition) is 2. The first-order valence-corrected chi connectivity index (χ1v) is 6.32. The number of rotatable bonds is 4. The van der Waals surface area contributed by atoms with Crippen LogP contribution in [0.15, 0.2) is 30.5 Å². The molecule has 0 spiro atoms. The van der Waals surface area contributed by atoms with Crippen molar-refractivity contribution in [2.45, 2.75) is 20.4 Å². The van der Waals surface area contributed by atoms with Gasteiger partial charge in [0, 0.05) is 23.1 Å². The minimum absolute atomic E-state index is 0.0217. The molecule has 2 aromatic heterocycles. The molecule has 0 amide bonds. The average molecular weight is 263 g/mol. The van der Waals surface area contributed by atoms with Crippen LogP contribution in [0.2, 0.25) is 0 Å². The number of aromatic nitrogens is 2. The molecule has 0 bridgehead atoms. The largest absolute Gasteiger partial charge is 0.343 e. The van der Waals surface area contributed by atoms with Crippen molar-refractivity contribution in [2.24, 2.45) is 0 Å². The lowest BCUT2D eigenvalue weighted by molar-refractivity contribution is 0.102. The molecular weight excluding hydrogens is 248 g/mol. The van der Waals surface area contributed by atoms with Gasteiger partial charge in [-0.1, -0.05) is 6.07 Å². The Bertz CT molecular complexity index is 561. The highest BCUT2D eigenvalue weighted by atomic mass is 35.5. The Labute approximate surface area is 111 Å². The van der Waals surface area contributed by atoms with Gasteiger partial charge in [0.2, 0.25) is 0 Å². The number of carbonyl (C=O) groups excluding carboxylic acids is 1. The van der Waals surface area contributed by atoms with Gasteiger partial charge in [-0.25, -0.2) is 0 Å². The Morgan fingerprint density at radius 1 is 1.39 bits per heavy atom. The van der Waals surface area contributed by atoms with E-state index in [-0.39, 0.29) is 11.7 Å². The van der Waals surface area contributed by atoms with E-state index in [4.69, 9.17) is 11.6 Å². The van der Waals surface area contributed by atoms with Gasteiger partial charge < -0.3 is 4.57 Å². The van der Waals surface area contributed by atoms with E-state index in [0.717, 1.165) is 17.1 Å². The fourth-order valence-corrected chi connectivity index (χ4v) is 2.20. The van der Waals surface area contributed by atoms with Gasteiger partial charge in [-0.2, -0.15) is 0 Å².